The van der Waals surface area contributed by atoms with E-state index < -0.39 is 5.82 Å². The van der Waals surface area contributed by atoms with Crippen LogP contribution in [-0.2, 0) is 6.54 Å². The summed E-state index contributed by atoms with van der Waals surface area (Å²) < 4.78 is 13.7. The van der Waals surface area contributed by atoms with Crippen LogP contribution in [0, 0.1) is 12.7 Å². The third-order valence-corrected chi connectivity index (χ3v) is 2.81. The zero-order valence-corrected chi connectivity index (χ0v) is 11.3. The molecule has 2 rings (SSSR count). The number of halogens is 1. The fourth-order valence-electron chi connectivity index (χ4n) is 1.91. The van der Waals surface area contributed by atoms with Gasteiger partial charge in [-0.25, -0.2) is 9.37 Å². The molecule has 19 heavy (non-hydrogen) atoms. The average Bonchev–Trinajstić information content (AvgIpc) is 2.39. The van der Waals surface area contributed by atoms with Crippen molar-refractivity contribution >= 4 is 11.8 Å². The molecule has 0 spiro atoms. The van der Waals surface area contributed by atoms with Crippen LogP contribution in [0.25, 0.3) is 0 Å². The van der Waals surface area contributed by atoms with E-state index in [1.807, 2.05) is 32.2 Å². The maximum Gasteiger partial charge on any atom is 0.224 e. The summed E-state index contributed by atoms with van der Waals surface area (Å²) in [5.41, 5.74) is 2.30. The van der Waals surface area contributed by atoms with Crippen molar-refractivity contribution in [2.45, 2.75) is 13.5 Å². The molecular weight excluding hydrogens is 243 g/mol. The van der Waals surface area contributed by atoms with Gasteiger partial charge in [0.15, 0.2) is 11.6 Å². The van der Waals surface area contributed by atoms with Gasteiger partial charge in [0, 0.05) is 20.6 Å². The Morgan fingerprint density at radius 1 is 1.37 bits per heavy atom. The van der Waals surface area contributed by atoms with Crippen LogP contribution in [0.1, 0.15) is 11.1 Å². The third-order valence-electron chi connectivity index (χ3n) is 2.81. The second-order valence-electron chi connectivity index (χ2n) is 4.46. The molecule has 0 radical (unpaired) electrons. The van der Waals surface area contributed by atoms with Crippen LogP contribution < -0.4 is 10.2 Å². The van der Waals surface area contributed by atoms with Crippen LogP contribution in [0.5, 0.6) is 0 Å². The second-order valence-corrected chi connectivity index (χ2v) is 4.46. The molecule has 0 fully saturated rings. The molecule has 0 aliphatic heterocycles. The molecule has 4 nitrogen and oxygen atoms in total. The van der Waals surface area contributed by atoms with Crippen molar-refractivity contribution < 1.29 is 4.39 Å². The highest BCUT2D eigenvalue weighted by Crippen LogP contribution is 2.18. The lowest BCUT2D eigenvalue weighted by Crippen LogP contribution is -2.20. The van der Waals surface area contributed by atoms with E-state index in [1.165, 1.54) is 11.8 Å². The Labute approximate surface area is 112 Å². The zero-order valence-electron chi connectivity index (χ0n) is 11.3. The lowest BCUT2D eigenvalue weighted by Gasteiger charge is -2.19. The summed E-state index contributed by atoms with van der Waals surface area (Å²) in [5.74, 6) is 0.280. The van der Waals surface area contributed by atoms with Gasteiger partial charge in [0.25, 0.3) is 0 Å². The molecule has 0 aliphatic carbocycles. The number of aryl methyl sites for hydroxylation is 1. The van der Waals surface area contributed by atoms with Gasteiger partial charge in [0.2, 0.25) is 5.95 Å². The van der Waals surface area contributed by atoms with Crippen LogP contribution in [0.15, 0.2) is 30.5 Å². The van der Waals surface area contributed by atoms with Crippen LogP contribution in [0.4, 0.5) is 16.2 Å². The predicted molar refractivity (Wildman–Crippen MR) is 74.8 cm³/mol. The number of aromatic nitrogens is 2. The van der Waals surface area contributed by atoms with E-state index in [1.54, 1.807) is 11.9 Å². The monoisotopic (exact) mass is 260 g/mol. The first-order valence-corrected chi connectivity index (χ1v) is 6.07. The number of hydrogen-bond acceptors (Lipinski definition) is 4. The molecule has 0 saturated carbocycles. The Morgan fingerprint density at radius 3 is 2.84 bits per heavy atom. The van der Waals surface area contributed by atoms with Crippen LogP contribution in [0.2, 0.25) is 0 Å². The first-order chi connectivity index (χ1) is 9.10. The van der Waals surface area contributed by atoms with E-state index in [-0.39, 0.29) is 0 Å². The Kier molecular flexibility index (Phi) is 3.94. The topological polar surface area (TPSA) is 41.1 Å². The van der Waals surface area contributed by atoms with Crippen molar-refractivity contribution in [1.29, 1.82) is 0 Å². The Bertz CT molecular complexity index is 571. The van der Waals surface area contributed by atoms with Gasteiger partial charge in [-0.2, -0.15) is 4.98 Å². The van der Waals surface area contributed by atoms with Crippen molar-refractivity contribution in [2.24, 2.45) is 0 Å². The van der Waals surface area contributed by atoms with Crippen molar-refractivity contribution in [3.8, 4) is 0 Å². The smallest absolute Gasteiger partial charge is 0.224 e. The molecule has 0 aliphatic rings. The summed E-state index contributed by atoms with van der Waals surface area (Å²) in [4.78, 5) is 9.75. The summed E-state index contributed by atoms with van der Waals surface area (Å²) in [6.45, 7) is 2.63. The summed E-state index contributed by atoms with van der Waals surface area (Å²) in [7, 11) is 3.52. The molecule has 0 saturated heterocycles. The summed E-state index contributed by atoms with van der Waals surface area (Å²) in [6.07, 6.45) is 1.18. The van der Waals surface area contributed by atoms with Gasteiger partial charge in [-0.3, -0.25) is 0 Å². The minimum atomic E-state index is -0.422. The highest BCUT2D eigenvalue weighted by molar-refractivity contribution is 5.43. The van der Waals surface area contributed by atoms with Gasteiger partial charge in [0.1, 0.15) is 0 Å². The van der Waals surface area contributed by atoms with Crippen molar-refractivity contribution in [3.05, 3.63) is 47.4 Å². The molecule has 5 heteroatoms. The average molecular weight is 260 g/mol. The lowest BCUT2D eigenvalue weighted by atomic mass is 10.1. The van der Waals surface area contributed by atoms with Crippen molar-refractivity contribution in [1.82, 2.24) is 9.97 Å². The van der Waals surface area contributed by atoms with Gasteiger partial charge < -0.3 is 10.2 Å². The van der Waals surface area contributed by atoms with E-state index in [0.717, 1.165) is 5.56 Å². The largest absolute Gasteiger partial charge is 0.357 e. The molecule has 0 bridgehead atoms. The molecule has 0 amide bonds. The zero-order chi connectivity index (χ0) is 13.8. The molecular formula is C14H17FN4. The molecule has 0 atom stereocenters. The van der Waals surface area contributed by atoms with E-state index in [2.05, 4.69) is 21.4 Å². The first-order valence-electron chi connectivity index (χ1n) is 6.07. The van der Waals surface area contributed by atoms with Crippen molar-refractivity contribution in [3.63, 3.8) is 0 Å². The number of benzene rings is 1. The van der Waals surface area contributed by atoms with E-state index in [0.29, 0.717) is 18.3 Å². The Morgan fingerprint density at radius 2 is 2.16 bits per heavy atom. The summed E-state index contributed by atoms with van der Waals surface area (Å²) in [5, 5.41) is 2.81. The van der Waals surface area contributed by atoms with E-state index >= 15 is 0 Å². The number of anilines is 2. The second kappa shape index (κ2) is 5.65. The van der Waals surface area contributed by atoms with E-state index in [4.69, 9.17) is 0 Å². The fraction of sp³-hybridized carbons (Fsp3) is 0.286. The molecule has 1 aromatic heterocycles. The number of nitrogens with one attached hydrogen (secondary N) is 1. The predicted octanol–water partition coefficient (Wildman–Crippen LogP) is 2.60. The molecule has 100 valence electrons. The molecule has 1 aromatic carbocycles. The maximum absolute atomic E-state index is 13.7. The minimum absolute atomic E-state index is 0.292. The van der Waals surface area contributed by atoms with Gasteiger partial charge in [0.05, 0.1) is 6.20 Å². The van der Waals surface area contributed by atoms with Gasteiger partial charge in [-0.1, -0.05) is 29.8 Å². The lowest BCUT2D eigenvalue weighted by molar-refractivity contribution is 0.608. The standard InChI is InChI=1S/C14H17FN4/c1-10-5-4-6-11(7-10)9-19(3)13-12(15)8-17-14(16-2)18-13/h4-8H,9H2,1-3H3,(H,16,17,18). The summed E-state index contributed by atoms with van der Waals surface area (Å²) >= 11 is 0. The van der Waals surface area contributed by atoms with Crippen LogP contribution >= 0.6 is 0 Å². The highest BCUT2D eigenvalue weighted by atomic mass is 19.1. The van der Waals surface area contributed by atoms with Gasteiger partial charge in [-0.15, -0.1) is 0 Å². The highest BCUT2D eigenvalue weighted by Gasteiger charge is 2.11. The van der Waals surface area contributed by atoms with Crippen LogP contribution in [0.3, 0.4) is 0 Å². The maximum atomic E-state index is 13.7. The Hall–Kier alpha value is -2.17. The fourth-order valence-corrected chi connectivity index (χ4v) is 1.91. The molecule has 1 heterocycles. The first kappa shape index (κ1) is 13.3. The molecule has 1 N–H and O–H groups in total. The Balaban J connectivity index is 2.22. The molecule has 0 unspecified atom stereocenters. The molecule has 2 aromatic rings. The number of nitrogens with zero attached hydrogens (tertiary/aromatic N) is 3. The minimum Gasteiger partial charge on any atom is -0.357 e. The quantitative estimate of drug-likeness (QED) is 0.917. The van der Waals surface area contributed by atoms with E-state index in [9.17, 15) is 4.39 Å². The normalized spacial score (nSPS) is 10.3. The van der Waals surface area contributed by atoms with Crippen LogP contribution in [-0.4, -0.2) is 24.1 Å². The van der Waals surface area contributed by atoms with Crippen molar-refractivity contribution in [2.75, 3.05) is 24.3 Å². The SMILES string of the molecule is CNc1ncc(F)c(N(C)Cc2cccc(C)c2)n1. The number of hydrogen-bond donors (Lipinski definition) is 1. The third kappa shape index (κ3) is 3.19. The van der Waals surface area contributed by atoms with Gasteiger partial charge in [-0.05, 0) is 12.5 Å². The summed E-state index contributed by atoms with van der Waals surface area (Å²) in [6, 6.07) is 8.12. The number of rotatable bonds is 4. The van der Waals surface area contributed by atoms with Gasteiger partial charge >= 0.3 is 0 Å².